The van der Waals surface area contributed by atoms with Crippen LogP contribution in [0, 0.1) is 6.92 Å². The molecule has 3 aromatic heterocycles. The van der Waals surface area contributed by atoms with Gasteiger partial charge < -0.3 is 4.42 Å². The molecule has 3 aromatic rings. The lowest BCUT2D eigenvalue weighted by Crippen LogP contribution is -1.88. The van der Waals surface area contributed by atoms with Gasteiger partial charge in [-0.1, -0.05) is 17.7 Å². The van der Waals surface area contributed by atoms with Crippen molar-refractivity contribution in [2.45, 2.75) is 6.92 Å². The largest absolute Gasteiger partial charge is 0.461 e. The number of aromatic nitrogens is 2. The SMILES string of the molecule is Cc1cccn2c(-c3ccco3)nc(Cl)c12. The minimum absolute atomic E-state index is 0.504. The monoisotopic (exact) mass is 232 g/mol. The van der Waals surface area contributed by atoms with Crippen molar-refractivity contribution in [2.75, 3.05) is 0 Å². The number of imidazole rings is 1. The van der Waals surface area contributed by atoms with E-state index in [1.165, 1.54) is 0 Å². The summed E-state index contributed by atoms with van der Waals surface area (Å²) in [5.41, 5.74) is 2.02. The number of nitrogens with zero attached hydrogens (tertiary/aromatic N) is 2. The highest BCUT2D eigenvalue weighted by Crippen LogP contribution is 2.27. The van der Waals surface area contributed by atoms with E-state index in [1.807, 2.05) is 41.8 Å². The van der Waals surface area contributed by atoms with Gasteiger partial charge in [-0.25, -0.2) is 4.98 Å². The second-order valence-corrected chi connectivity index (χ2v) is 3.97. The summed E-state index contributed by atoms with van der Waals surface area (Å²) in [5.74, 6) is 1.45. The van der Waals surface area contributed by atoms with Crippen molar-refractivity contribution in [3.8, 4) is 11.6 Å². The number of hydrogen-bond donors (Lipinski definition) is 0. The third kappa shape index (κ3) is 1.25. The van der Waals surface area contributed by atoms with Gasteiger partial charge in [0, 0.05) is 6.20 Å². The molecule has 0 saturated carbocycles. The Bertz CT molecular complexity index is 640. The Hall–Kier alpha value is -1.74. The predicted octanol–water partition coefficient (Wildman–Crippen LogP) is 3.56. The lowest BCUT2D eigenvalue weighted by atomic mass is 10.2. The molecule has 0 amide bonds. The Balaban J connectivity index is 2.40. The molecule has 0 radical (unpaired) electrons. The molecule has 0 aliphatic rings. The van der Waals surface area contributed by atoms with Crippen molar-refractivity contribution in [1.29, 1.82) is 0 Å². The van der Waals surface area contributed by atoms with Crippen molar-refractivity contribution in [1.82, 2.24) is 9.38 Å². The molecule has 0 spiro atoms. The lowest BCUT2D eigenvalue weighted by molar-refractivity contribution is 0.577. The predicted molar refractivity (Wildman–Crippen MR) is 62.6 cm³/mol. The van der Waals surface area contributed by atoms with Crippen molar-refractivity contribution < 1.29 is 4.42 Å². The smallest absolute Gasteiger partial charge is 0.182 e. The van der Waals surface area contributed by atoms with Gasteiger partial charge in [0.1, 0.15) is 0 Å². The van der Waals surface area contributed by atoms with Crippen LogP contribution >= 0.6 is 11.6 Å². The third-order valence-corrected chi connectivity index (χ3v) is 2.83. The number of rotatable bonds is 1. The molecule has 3 nitrogen and oxygen atoms in total. The van der Waals surface area contributed by atoms with Gasteiger partial charge in [0.25, 0.3) is 0 Å². The number of fused-ring (bicyclic) bond motifs is 1. The summed E-state index contributed by atoms with van der Waals surface area (Å²) in [6.45, 7) is 2.01. The van der Waals surface area contributed by atoms with Crippen LogP contribution in [0.3, 0.4) is 0 Å². The van der Waals surface area contributed by atoms with Gasteiger partial charge in [-0.15, -0.1) is 0 Å². The maximum absolute atomic E-state index is 6.13. The van der Waals surface area contributed by atoms with Gasteiger partial charge in [-0.05, 0) is 30.7 Å². The number of furan rings is 1. The van der Waals surface area contributed by atoms with E-state index in [0.717, 1.165) is 16.9 Å². The number of hydrogen-bond acceptors (Lipinski definition) is 2. The molecule has 0 aliphatic carbocycles. The molecule has 0 atom stereocenters. The first-order valence-electron chi connectivity index (χ1n) is 4.94. The minimum Gasteiger partial charge on any atom is -0.461 e. The topological polar surface area (TPSA) is 30.4 Å². The number of pyridine rings is 1. The van der Waals surface area contributed by atoms with Crippen LogP contribution in [-0.4, -0.2) is 9.38 Å². The summed E-state index contributed by atoms with van der Waals surface area (Å²) in [6, 6.07) is 7.68. The molecule has 3 rings (SSSR count). The average Bonchev–Trinajstić information content (AvgIpc) is 2.86. The van der Waals surface area contributed by atoms with Gasteiger partial charge in [-0.2, -0.15) is 0 Å². The first kappa shape index (κ1) is 9.48. The second-order valence-electron chi connectivity index (χ2n) is 3.61. The van der Waals surface area contributed by atoms with Gasteiger partial charge in [0.15, 0.2) is 16.7 Å². The first-order valence-corrected chi connectivity index (χ1v) is 5.32. The zero-order chi connectivity index (χ0) is 11.1. The minimum atomic E-state index is 0.504. The Morgan fingerprint density at radius 2 is 2.19 bits per heavy atom. The summed E-state index contributed by atoms with van der Waals surface area (Å²) >= 11 is 6.13. The average molecular weight is 233 g/mol. The van der Waals surface area contributed by atoms with E-state index in [2.05, 4.69) is 4.98 Å². The Morgan fingerprint density at radius 1 is 1.31 bits per heavy atom. The Labute approximate surface area is 97.3 Å². The molecule has 80 valence electrons. The maximum atomic E-state index is 6.13. The fraction of sp³-hybridized carbons (Fsp3) is 0.0833. The fourth-order valence-electron chi connectivity index (χ4n) is 1.83. The molecule has 0 bridgehead atoms. The number of aryl methyl sites for hydroxylation is 1. The summed E-state index contributed by atoms with van der Waals surface area (Å²) in [5, 5.41) is 0.504. The Kier molecular flexibility index (Phi) is 2.01. The molecule has 0 unspecified atom stereocenters. The van der Waals surface area contributed by atoms with Gasteiger partial charge in [-0.3, -0.25) is 4.40 Å². The highest BCUT2D eigenvalue weighted by atomic mass is 35.5. The second kappa shape index (κ2) is 3.39. The molecule has 0 saturated heterocycles. The van der Waals surface area contributed by atoms with Crippen LogP contribution in [0.2, 0.25) is 5.15 Å². The summed E-state index contributed by atoms with van der Waals surface area (Å²) in [4.78, 5) is 4.33. The number of halogens is 1. The van der Waals surface area contributed by atoms with E-state index in [0.29, 0.717) is 10.9 Å². The van der Waals surface area contributed by atoms with Gasteiger partial charge >= 0.3 is 0 Å². The van der Waals surface area contributed by atoms with Crippen LogP contribution in [0.15, 0.2) is 41.1 Å². The van der Waals surface area contributed by atoms with Crippen molar-refractivity contribution >= 4 is 17.1 Å². The quantitative estimate of drug-likeness (QED) is 0.642. The molecule has 3 heterocycles. The van der Waals surface area contributed by atoms with Crippen molar-refractivity contribution in [3.63, 3.8) is 0 Å². The normalized spacial score (nSPS) is 11.1. The summed E-state index contributed by atoms with van der Waals surface area (Å²) in [6.07, 6.45) is 3.55. The highest BCUT2D eigenvalue weighted by Gasteiger charge is 2.14. The van der Waals surface area contributed by atoms with Gasteiger partial charge in [0.2, 0.25) is 0 Å². The standard InChI is InChI=1S/C12H9ClN2O/c1-8-4-2-6-15-10(8)11(13)14-12(15)9-5-3-7-16-9/h2-7H,1H3. The molecule has 0 aromatic carbocycles. The van der Waals surface area contributed by atoms with Crippen LogP contribution < -0.4 is 0 Å². The summed E-state index contributed by atoms with van der Waals surface area (Å²) < 4.78 is 7.28. The summed E-state index contributed by atoms with van der Waals surface area (Å²) in [7, 11) is 0. The van der Waals surface area contributed by atoms with E-state index in [1.54, 1.807) is 6.26 Å². The maximum Gasteiger partial charge on any atom is 0.182 e. The van der Waals surface area contributed by atoms with E-state index < -0.39 is 0 Å². The molecule has 0 N–H and O–H groups in total. The molecular weight excluding hydrogens is 224 g/mol. The van der Waals surface area contributed by atoms with Crippen LogP contribution in [0.5, 0.6) is 0 Å². The van der Waals surface area contributed by atoms with E-state index in [-0.39, 0.29) is 0 Å². The zero-order valence-electron chi connectivity index (χ0n) is 8.64. The molecule has 0 fully saturated rings. The van der Waals surface area contributed by atoms with Crippen LogP contribution in [0.25, 0.3) is 17.1 Å². The van der Waals surface area contributed by atoms with E-state index >= 15 is 0 Å². The van der Waals surface area contributed by atoms with Crippen LogP contribution in [0.4, 0.5) is 0 Å². The lowest BCUT2D eigenvalue weighted by Gasteiger charge is -1.99. The van der Waals surface area contributed by atoms with E-state index in [4.69, 9.17) is 16.0 Å². The first-order chi connectivity index (χ1) is 7.77. The van der Waals surface area contributed by atoms with Crippen LogP contribution in [0.1, 0.15) is 5.56 Å². The molecule has 4 heteroatoms. The molecular formula is C12H9ClN2O. The van der Waals surface area contributed by atoms with Gasteiger partial charge in [0.05, 0.1) is 11.8 Å². The van der Waals surface area contributed by atoms with E-state index in [9.17, 15) is 0 Å². The molecule has 16 heavy (non-hydrogen) atoms. The zero-order valence-corrected chi connectivity index (χ0v) is 9.40. The van der Waals surface area contributed by atoms with Crippen molar-refractivity contribution in [3.05, 3.63) is 47.4 Å². The fourth-order valence-corrected chi connectivity index (χ4v) is 2.16. The third-order valence-electron chi connectivity index (χ3n) is 2.57. The van der Waals surface area contributed by atoms with Crippen molar-refractivity contribution in [2.24, 2.45) is 0 Å². The molecule has 0 aliphatic heterocycles. The highest BCUT2D eigenvalue weighted by molar-refractivity contribution is 6.33. The van der Waals surface area contributed by atoms with Crippen LogP contribution in [-0.2, 0) is 0 Å². The Morgan fingerprint density at radius 3 is 2.94 bits per heavy atom.